The van der Waals surface area contributed by atoms with Crippen LogP contribution in [0.4, 0.5) is 4.39 Å². The molecule has 1 atom stereocenters. The lowest BCUT2D eigenvalue weighted by Crippen LogP contribution is -2.43. The first kappa shape index (κ1) is 13.7. The molecule has 94 valence electrons. The molecule has 0 heterocycles. The molecule has 0 saturated heterocycles. The highest BCUT2D eigenvalue weighted by Gasteiger charge is 2.35. The van der Waals surface area contributed by atoms with Gasteiger partial charge in [-0.25, -0.2) is 9.18 Å². The van der Waals surface area contributed by atoms with Crippen LogP contribution in [-0.2, 0) is 15.1 Å². The Kier molecular flexibility index (Phi) is 3.95. The van der Waals surface area contributed by atoms with E-state index in [-0.39, 0.29) is 16.3 Å². The van der Waals surface area contributed by atoms with Gasteiger partial charge < -0.3 is 15.2 Å². The number of methoxy groups -OCH3 is 2. The lowest BCUT2D eigenvalue weighted by atomic mass is 9.92. The molecule has 0 amide bonds. The van der Waals surface area contributed by atoms with Gasteiger partial charge in [-0.3, -0.25) is 0 Å². The molecular weight excluding hydrogens is 249 g/mol. The van der Waals surface area contributed by atoms with Gasteiger partial charge in [-0.2, -0.15) is 0 Å². The molecule has 0 fully saturated rings. The quantitative estimate of drug-likeness (QED) is 0.844. The predicted octanol–water partition coefficient (Wildman–Crippen LogP) is 1.83. The summed E-state index contributed by atoms with van der Waals surface area (Å²) in [7, 11) is 2.53. The second-order valence-corrected chi connectivity index (χ2v) is 4.01. The molecule has 0 aliphatic rings. The van der Waals surface area contributed by atoms with Crippen LogP contribution in [0.5, 0.6) is 5.75 Å². The van der Waals surface area contributed by atoms with Crippen molar-refractivity contribution in [2.24, 2.45) is 5.73 Å². The van der Waals surface area contributed by atoms with Crippen LogP contribution in [0, 0.1) is 5.82 Å². The first-order chi connectivity index (χ1) is 7.86. The molecular formula is C11H13ClFNO3. The summed E-state index contributed by atoms with van der Waals surface area (Å²) in [6.07, 6.45) is 0. The Morgan fingerprint density at radius 3 is 2.53 bits per heavy atom. The number of nitrogens with two attached hydrogens (primary N) is 1. The molecule has 0 bridgehead atoms. The van der Waals surface area contributed by atoms with Crippen molar-refractivity contribution in [3.63, 3.8) is 0 Å². The van der Waals surface area contributed by atoms with Gasteiger partial charge in [0, 0.05) is 5.56 Å². The van der Waals surface area contributed by atoms with E-state index in [9.17, 15) is 9.18 Å². The van der Waals surface area contributed by atoms with E-state index in [1.165, 1.54) is 27.2 Å². The zero-order valence-electron chi connectivity index (χ0n) is 9.71. The van der Waals surface area contributed by atoms with Crippen molar-refractivity contribution < 1.29 is 18.7 Å². The maximum absolute atomic E-state index is 13.2. The highest BCUT2D eigenvalue weighted by molar-refractivity contribution is 6.32. The van der Waals surface area contributed by atoms with E-state index < -0.39 is 17.3 Å². The number of carbonyl (C=O) groups is 1. The van der Waals surface area contributed by atoms with Gasteiger partial charge in [-0.05, 0) is 19.1 Å². The van der Waals surface area contributed by atoms with Crippen molar-refractivity contribution in [2.45, 2.75) is 12.5 Å². The van der Waals surface area contributed by atoms with Crippen LogP contribution >= 0.6 is 11.6 Å². The summed E-state index contributed by atoms with van der Waals surface area (Å²) < 4.78 is 22.8. The molecule has 0 saturated carbocycles. The van der Waals surface area contributed by atoms with Gasteiger partial charge in [0.25, 0.3) is 0 Å². The maximum atomic E-state index is 13.2. The third-order valence-corrected chi connectivity index (χ3v) is 2.78. The van der Waals surface area contributed by atoms with Crippen LogP contribution in [0.25, 0.3) is 0 Å². The molecule has 0 aromatic heterocycles. The number of benzene rings is 1. The van der Waals surface area contributed by atoms with Crippen molar-refractivity contribution in [2.75, 3.05) is 14.2 Å². The van der Waals surface area contributed by atoms with Gasteiger partial charge in [0.1, 0.15) is 22.1 Å². The van der Waals surface area contributed by atoms with E-state index in [4.69, 9.17) is 22.1 Å². The monoisotopic (exact) mass is 261 g/mol. The Morgan fingerprint density at radius 1 is 1.47 bits per heavy atom. The largest absolute Gasteiger partial charge is 0.495 e. The number of rotatable bonds is 3. The van der Waals surface area contributed by atoms with Crippen molar-refractivity contribution >= 4 is 17.6 Å². The number of halogens is 2. The lowest BCUT2D eigenvalue weighted by Gasteiger charge is -2.24. The second kappa shape index (κ2) is 4.89. The summed E-state index contributed by atoms with van der Waals surface area (Å²) in [5, 5.41) is -0.217. The first-order valence-corrected chi connectivity index (χ1v) is 5.13. The average molecular weight is 262 g/mol. The molecule has 4 nitrogen and oxygen atoms in total. The molecule has 1 unspecified atom stereocenters. The Bertz CT molecular complexity index is 449. The van der Waals surface area contributed by atoms with E-state index in [0.29, 0.717) is 0 Å². The fraction of sp³-hybridized carbons (Fsp3) is 0.364. The van der Waals surface area contributed by atoms with Crippen LogP contribution in [0.1, 0.15) is 12.5 Å². The maximum Gasteiger partial charge on any atom is 0.330 e. The van der Waals surface area contributed by atoms with Crippen LogP contribution in [0.2, 0.25) is 5.02 Å². The Morgan fingerprint density at radius 2 is 2.06 bits per heavy atom. The normalized spacial score (nSPS) is 14.0. The third kappa shape index (κ3) is 2.35. The fourth-order valence-corrected chi connectivity index (χ4v) is 1.70. The van der Waals surface area contributed by atoms with Crippen molar-refractivity contribution in [1.29, 1.82) is 0 Å². The molecule has 17 heavy (non-hydrogen) atoms. The molecule has 1 aromatic rings. The van der Waals surface area contributed by atoms with Crippen LogP contribution in [0.3, 0.4) is 0 Å². The topological polar surface area (TPSA) is 61.5 Å². The predicted molar refractivity (Wildman–Crippen MR) is 61.5 cm³/mol. The van der Waals surface area contributed by atoms with E-state index in [0.717, 1.165) is 6.07 Å². The first-order valence-electron chi connectivity index (χ1n) is 4.76. The molecule has 6 heteroatoms. The molecule has 1 aromatic carbocycles. The lowest BCUT2D eigenvalue weighted by molar-refractivity contribution is -0.146. The summed E-state index contributed by atoms with van der Waals surface area (Å²) in [6, 6.07) is 2.46. The number of esters is 1. The summed E-state index contributed by atoms with van der Waals surface area (Å²) in [5.41, 5.74) is 4.65. The summed E-state index contributed by atoms with van der Waals surface area (Å²) >= 11 is 5.74. The van der Waals surface area contributed by atoms with Crippen LogP contribution in [-0.4, -0.2) is 20.2 Å². The summed E-state index contributed by atoms with van der Waals surface area (Å²) in [5.74, 6) is -1.28. The molecule has 0 radical (unpaired) electrons. The van der Waals surface area contributed by atoms with Gasteiger partial charge in [0.05, 0.1) is 14.2 Å². The highest BCUT2D eigenvalue weighted by Crippen LogP contribution is 2.36. The molecule has 0 aliphatic carbocycles. The number of carbonyl (C=O) groups excluding carboxylic acids is 1. The number of hydrogen-bond donors (Lipinski definition) is 1. The molecule has 1 rings (SSSR count). The van der Waals surface area contributed by atoms with Crippen LogP contribution < -0.4 is 10.5 Å². The van der Waals surface area contributed by atoms with Crippen molar-refractivity contribution in [3.8, 4) is 5.75 Å². The fourth-order valence-electron chi connectivity index (χ4n) is 1.46. The van der Waals surface area contributed by atoms with E-state index in [1.807, 2.05) is 0 Å². The van der Waals surface area contributed by atoms with E-state index in [1.54, 1.807) is 0 Å². The van der Waals surface area contributed by atoms with Gasteiger partial charge >= 0.3 is 5.97 Å². The zero-order chi connectivity index (χ0) is 13.2. The molecule has 0 aliphatic heterocycles. The van der Waals surface area contributed by atoms with Crippen molar-refractivity contribution in [1.82, 2.24) is 0 Å². The Labute approximate surface area is 103 Å². The number of hydrogen-bond acceptors (Lipinski definition) is 4. The standard InChI is InChI=1S/C11H13ClFNO3/c1-11(14,10(15)17-3)6-4-5-7(13)8(12)9(6)16-2/h4-5H,14H2,1-3H3. The minimum Gasteiger partial charge on any atom is -0.495 e. The second-order valence-electron chi connectivity index (χ2n) is 3.64. The minimum atomic E-state index is -1.46. The van der Waals surface area contributed by atoms with Gasteiger partial charge in [-0.1, -0.05) is 11.6 Å². The summed E-state index contributed by atoms with van der Waals surface area (Å²) in [4.78, 5) is 11.6. The van der Waals surface area contributed by atoms with Gasteiger partial charge in [0.15, 0.2) is 0 Å². The smallest absolute Gasteiger partial charge is 0.330 e. The summed E-state index contributed by atoms with van der Waals surface area (Å²) in [6.45, 7) is 1.44. The van der Waals surface area contributed by atoms with Crippen molar-refractivity contribution in [3.05, 3.63) is 28.5 Å². The van der Waals surface area contributed by atoms with Crippen LogP contribution in [0.15, 0.2) is 12.1 Å². The molecule has 2 N–H and O–H groups in total. The molecule has 0 spiro atoms. The SMILES string of the molecule is COC(=O)C(C)(N)c1ccc(F)c(Cl)c1OC. The van der Waals surface area contributed by atoms with E-state index >= 15 is 0 Å². The van der Waals surface area contributed by atoms with Gasteiger partial charge in [-0.15, -0.1) is 0 Å². The van der Waals surface area contributed by atoms with Gasteiger partial charge in [0.2, 0.25) is 0 Å². The Hall–Kier alpha value is -1.33. The highest BCUT2D eigenvalue weighted by atomic mass is 35.5. The Balaban J connectivity index is 3.41. The number of ether oxygens (including phenoxy) is 2. The average Bonchev–Trinajstić information content (AvgIpc) is 2.30. The van der Waals surface area contributed by atoms with E-state index in [2.05, 4.69) is 4.74 Å². The minimum absolute atomic E-state index is 0.0297. The zero-order valence-corrected chi connectivity index (χ0v) is 10.5. The third-order valence-electron chi connectivity index (χ3n) is 2.42.